The van der Waals surface area contributed by atoms with Gasteiger partial charge < -0.3 is 5.73 Å². The van der Waals surface area contributed by atoms with Gasteiger partial charge in [0.05, 0.1) is 6.07 Å². The number of nitrogens with zero attached hydrogens (tertiary/aromatic N) is 1. The largest absolute Gasteiger partial charge is 0.398 e. The summed E-state index contributed by atoms with van der Waals surface area (Å²) in [4.78, 5) is 1.09. The molecule has 0 fully saturated rings. The lowest BCUT2D eigenvalue weighted by atomic mass is 10.2. The molecule has 0 saturated heterocycles. The molecule has 2 N–H and O–H groups in total. The number of rotatable bonds is 4. The van der Waals surface area contributed by atoms with Crippen molar-refractivity contribution < 1.29 is 0 Å². The Balaban J connectivity index is 4.60. The lowest BCUT2D eigenvalue weighted by molar-refractivity contribution is 1.14. The highest BCUT2D eigenvalue weighted by molar-refractivity contribution is 8.03. The summed E-state index contributed by atoms with van der Waals surface area (Å²) in [7, 11) is 0. The van der Waals surface area contributed by atoms with E-state index in [9.17, 15) is 0 Å². The van der Waals surface area contributed by atoms with E-state index in [1.165, 1.54) is 0 Å². The van der Waals surface area contributed by atoms with Crippen molar-refractivity contribution in [1.82, 2.24) is 0 Å². The lowest BCUT2D eigenvalue weighted by Gasteiger charge is -2.01. The van der Waals surface area contributed by atoms with Crippen molar-refractivity contribution in [2.45, 2.75) is 27.2 Å². The molecule has 0 aromatic heterocycles. The van der Waals surface area contributed by atoms with Gasteiger partial charge in [0.1, 0.15) is 0 Å². The molecule has 3 heteroatoms. The van der Waals surface area contributed by atoms with E-state index in [0.717, 1.165) is 22.7 Å². The number of nitrogens with two attached hydrogens (primary N) is 1. The fourth-order valence-corrected chi connectivity index (χ4v) is 1.46. The third-order valence-corrected chi connectivity index (χ3v) is 2.58. The van der Waals surface area contributed by atoms with E-state index in [1.807, 2.05) is 13.8 Å². The van der Waals surface area contributed by atoms with Gasteiger partial charge in [0.25, 0.3) is 0 Å². The number of hydrogen-bond donors (Lipinski definition) is 1. The van der Waals surface area contributed by atoms with Gasteiger partial charge in [0.15, 0.2) is 0 Å². The first-order valence-electron chi connectivity index (χ1n) is 4.35. The van der Waals surface area contributed by atoms with E-state index in [1.54, 1.807) is 17.8 Å². The van der Waals surface area contributed by atoms with Gasteiger partial charge in [-0.15, -0.1) is 11.8 Å². The van der Waals surface area contributed by atoms with Crippen LogP contribution in [-0.4, -0.2) is 5.75 Å². The summed E-state index contributed by atoms with van der Waals surface area (Å²) in [5.41, 5.74) is 7.23. The predicted octanol–water partition coefficient (Wildman–Crippen LogP) is 2.79. The maximum atomic E-state index is 8.68. The third-order valence-electron chi connectivity index (χ3n) is 1.62. The van der Waals surface area contributed by atoms with Crippen LogP contribution in [0.4, 0.5) is 0 Å². The molecule has 0 bridgehead atoms. The Morgan fingerprint density at radius 3 is 2.54 bits per heavy atom. The van der Waals surface area contributed by atoms with E-state index >= 15 is 0 Å². The summed E-state index contributed by atoms with van der Waals surface area (Å²) in [6, 6.07) is 2.12. The Morgan fingerprint density at radius 2 is 2.15 bits per heavy atom. The van der Waals surface area contributed by atoms with Crippen molar-refractivity contribution in [1.29, 1.82) is 5.26 Å². The topological polar surface area (TPSA) is 49.8 Å². The first kappa shape index (κ1) is 12.1. The zero-order chi connectivity index (χ0) is 10.3. The number of thioether (sulfide) groups is 1. The van der Waals surface area contributed by atoms with Gasteiger partial charge in [-0.2, -0.15) is 5.26 Å². The quantitative estimate of drug-likeness (QED) is 0.555. The smallest absolute Gasteiger partial charge is 0.0947 e. The fourth-order valence-electron chi connectivity index (χ4n) is 0.803. The minimum absolute atomic E-state index is 0.713. The molecule has 0 radical (unpaired) electrons. The standard InChI is InChI=1S/C10H16N2S/c1-4-9(7-11)6-10(12)8(3)13-5-2/h6H,4-5,12H2,1-3H3/b9-6+,10-8-. The van der Waals surface area contributed by atoms with Crippen LogP contribution in [-0.2, 0) is 0 Å². The molecule has 0 aromatic rings. The molecule has 0 heterocycles. The summed E-state index contributed by atoms with van der Waals surface area (Å²) < 4.78 is 0. The molecule has 0 rings (SSSR count). The van der Waals surface area contributed by atoms with Gasteiger partial charge in [-0.3, -0.25) is 0 Å². The molecule has 0 aromatic carbocycles. The average molecular weight is 196 g/mol. The van der Waals surface area contributed by atoms with Gasteiger partial charge in [0, 0.05) is 16.2 Å². The van der Waals surface area contributed by atoms with Gasteiger partial charge in [-0.05, 0) is 25.2 Å². The summed E-state index contributed by atoms with van der Waals surface area (Å²) >= 11 is 1.70. The molecule has 0 unspecified atom stereocenters. The average Bonchev–Trinajstić information content (AvgIpc) is 2.14. The SMILES string of the molecule is CCS/C(C)=C(N)/C=C(/C#N)CC. The normalized spacial score (nSPS) is 13.5. The van der Waals surface area contributed by atoms with Gasteiger partial charge in [0.2, 0.25) is 0 Å². The summed E-state index contributed by atoms with van der Waals surface area (Å²) in [5.74, 6) is 1.01. The molecule has 0 spiro atoms. The summed E-state index contributed by atoms with van der Waals surface area (Å²) in [5, 5.41) is 8.68. The zero-order valence-electron chi connectivity index (χ0n) is 8.42. The molecular weight excluding hydrogens is 180 g/mol. The molecule has 2 nitrogen and oxygen atoms in total. The van der Waals surface area contributed by atoms with Crippen LogP contribution < -0.4 is 5.73 Å². The third kappa shape index (κ3) is 4.64. The van der Waals surface area contributed by atoms with Crippen LogP contribution in [0.5, 0.6) is 0 Å². The summed E-state index contributed by atoms with van der Waals surface area (Å²) in [6.45, 7) is 6.01. The maximum Gasteiger partial charge on any atom is 0.0947 e. The minimum Gasteiger partial charge on any atom is -0.398 e. The lowest BCUT2D eigenvalue weighted by Crippen LogP contribution is -1.97. The molecule has 0 aliphatic heterocycles. The molecule has 72 valence electrons. The monoisotopic (exact) mass is 196 g/mol. The Morgan fingerprint density at radius 1 is 1.54 bits per heavy atom. The van der Waals surface area contributed by atoms with Crippen molar-refractivity contribution in [3.05, 3.63) is 22.3 Å². The Bertz CT molecular complexity index is 259. The molecule has 13 heavy (non-hydrogen) atoms. The molecule has 0 amide bonds. The number of hydrogen-bond acceptors (Lipinski definition) is 3. The van der Waals surface area contributed by atoms with Crippen molar-refractivity contribution >= 4 is 11.8 Å². The van der Waals surface area contributed by atoms with Crippen molar-refractivity contribution in [2.24, 2.45) is 5.73 Å². The van der Waals surface area contributed by atoms with Crippen LogP contribution >= 0.6 is 11.8 Å². The van der Waals surface area contributed by atoms with Crippen molar-refractivity contribution in [3.8, 4) is 6.07 Å². The van der Waals surface area contributed by atoms with E-state index in [4.69, 9.17) is 11.0 Å². The van der Waals surface area contributed by atoms with Crippen LogP contribution in [0.3, 0.4) is 0 Å². The zero-order valence-corrected chi connectivity index (χ0v) is 9.24. The van der Waals surface area contributed by atoms with E-state index < -0.39 is 0 Å². The van der Waals surface area contributed by atoms with Gasteiger partial charge in [-0.1, -0.05) is 13.8 Å². The van der Waals surface area contributed by atoms with Crippen LogP contribution in [0.15, 0.2) is 22.3 Å². The second-order valence-electron chi connectivity index (χ2n) is 2.58. The minimum atomic E-state index is 0.713. The number of nitriles is 1. The van der Waals surface area contributed by atoms with E-state index in [0.29, 0.717) is 5.70 Å². The summed E-state index contributed by atoms with van der Waals surface area (Å²) in [6.07, 6.45) is 2.50. The molecule has 0 atom stereocenters. The second kappa shape index (κ2) is 6.62. The highest BCUT2D eigenvalue weighted by Gasteiger charge is 1.96. The van der Waals surface area contributed by atoms with Gasteiger partial charge >= 0.3 is 0 Å². The van der Waals surface area contributed by atoms with Crippen molar-refractivity contribution in [2.75, 3.05) is 5.75 Å². The first-order chi connectivity index (χ1) is 6.15. The molecule has 0 aliphatic rings. The maximum absolute atomic E-state index is 8.68. The highest BCUT2D eigenvalue weighted by Crippen LogP contribution is 2.17. The highest BCUT2D eigenvalue weighted by atomic mass is 32.2. The molecular formula is C10H16N2S. The Hall–Kier alpha value is -0.880. The fraction of sp³-hybridized carbons (Fsp3) is 0.500. The Kier molecular flexibility index (Phi) is 6.17. The van der Waals surface area contributed by atoms with Crippen molar-refractivity contribution in [3.63, 3.8) is 0 Å². The van der Waals surface area contributed by atoms with Crippen LogP contribution in [0.2, 0.25) is 0 Å². The second-order valence-corrected chi connectivity index (χ2v) is 4.06. The molecule has 0 saturated carbocycles. The molecule has 0 aliphatic carbocycles. The van der Waals surface area contributed by atoms with Gasteiger partial charge in [-0.25, -0.2) is 0 Å². The van der Waals surface area contributed by atoms with E-state index in [-0.39, 0.29) is 0 Å². The first-order valence-corrected chi connectivity index (χ1v) is 5.34. The van der Waals surface area contributed by atoms with Crippen LogP contribution in [0.25, 0.3) is 0 Å². The van der Waals surface area contributed by atoms with E-state index in [2.05, 4.69) is 13.0 Å². The van der Waals surface area contributed by atoms with Crippen LogP contribution in [0.1, 0.15) is 27.2 Å². The number of allylic oxidation sites excluding steroid dienone is 3. The Labute approximate surface area is 84.5 Å². The predicted molar refractivity (Wildman–Crippen MR) is 59.0 cm³/mol. The van der Waals surface area contributed by atoms with Crippen LogP contribution in [0, 0.1) is 11.3 Å².